The first-order chi connectivity index (χ1) is 11.2. The summed E-state index contributed by atoms with van der Waals surface area (Å²) in [5.74, 6) is 0.743. The number of nitrogen functional groups attached to an aromatic ring is 1. The summed E-state index contributed by atoms with van der Waals surface area (Å²) in [4.78, 5) is 2.25. The van der Waals surface area contributed by atoms with Gasteiger partial charge in [0.1, 0.15) is 5.75 Å². The second-order valence-electron chi connectivity index (χ2n) is 5.54. The molecule has 0 unspecified atom stereocenters. The number of rotatable bonds is 9. The number of hydrogen-bond donors (Lipinski definition) is 2. The van der Waals surface area contributed by atoms with Crippen LogP contribution in [-0.4, -0.2) is 36.3 Å². The molecule has 0 atom stereocenters. The third-order valence-electron chi connectivity index (χ3n) is 3.76. The van der Waals surface area contributed by atoms with Gasteiger partial charge in [0.15, 0.2) is 0 Å². The summed E-state index contributed by atoms with van der Waals surface area (Å²) in [6.07, 6.45) is 0.892. The van der Waals surface area contributed by atoms with Crippen molar-refractivity contribution in [1.82, 2.24) is 4.90 Å². The molecular formula is C19H26N2O2. The molecule has 0 aliphatic carbocycles. The quantitative estimate of drug-likeness (QED) is 0.699. The van der Waals surface area contributed by atoms with Crippen molar-refractivity contribution < 1.29 is 9.84 Å². The molecule has 124 valence electrons. The molecule has 4 heteroatoms. The van der Waals surface area contributed by atoms with Gasteiger partial charge in [-0.1, -0.05) is 36.4 Å². The van der Waals surface area contributed by atoms with Gasteiger partial charge in [-0.15, -0.1) is 0 Å². The molecule has 0 spiro atoms. The topological polar surface area (TPSA) is 58.7 Å². The van der Waals surface area contributed by atoms with Gasteiger partial charge in [0.25, 0.3) is 0 Å². The highest BCUT2D eigenvalue weighted by Crippen LogP contribution is 2.22. The number of nitrogens with two attached hydrogens (primary N) is 1. The van der Waals surface area contributed by atoms with Crippen molar-refractivity contribution in [3.63, 3.8) is 0 Å². The van der Waals surface area contributed by atoms with Crippen LogP contribution < -0.4 is 10.5 Å². The van der Waals surface area contributed by atoms with Crippen LogP contribution in [0.15, 0.2) is 48.5 Å². The number of benzene rings is 2. The minimum Gasteiger partial charge on any atom is -0.492 e. The lowest BCUT2D eigenvalue weighted by molar-refractivity contribution is 0.191. The zero-order valence-electron chi connectivity index (χ0n) is 13.7. The maximum atomic E-state index is 9.27. The van der Waals surface area contributed by atoms with E-state index in [-0.39, 0.29) is 6.61 Å². The molecule has 2 aromatic carbocycles. The van der Waals surface area contributed by atoms with Crippen LogP contribution in [0.5, 0.6) is 5.75 Å². The van der Waals surface area contributed by atoms with E-state index in [1.54, 1.807) is 0 Å². The molecule has 0 fully saturated rings. The maximum absolute atomic E-state index is 9.27. The van der Waals surface area contributed by atoms with Gasteiger partial charge in [0.2, 0.25) is 0 Å². The Kier molecular flexibility index (Phi) is 6.91. The third kappa shape index (κ3) is 5.58. The van der Waals surface area contributed by atoms with E-state index in [1.165, 1.54) is 11.1 Å². The van der Waals surface area contributed by atoms with Crippen molar-refractivity contribution in [1.29, 1.82) is 0 Å². The monoisotopic (exact) mass is 314 g/mol. The molecule has 0 saturated heterocycles. The number of aliphatic hydroxyl groups excluding tert-OH is 1. The van der Waals surface area contributed by atoms with Crippen molar-refractivity contribution in [3.8, 4) is 5.75 Å². The SMILES string of the molecule is CCOc1ccc(CCN(CCO)Cc2ccccc2)cc1N. The number of hydrogen-bond acceptors (Lipinski definition) is 4. The molecule has 0 aliphatic heterocycles. The minimum atomic E-state index is 0.165. The highest BCUT2D eigenvalue weighted by molar-refractivity contribution is 5.54. The van der Waals surface area contributed by atoms with Gasteiger partial charge in [-0.05, 0) is 36.6 Å². The van der Waals surface area contributed by atoms with Crippen LogP contribution in [0, 0.1) is 0 Å². The van der Waals surface area contributed by atoms with Gasteiger partial charge in [0.05, 0.1) is 18.9 Å². The third-order valence-corrected chi connectivity index (χ3v) is 3.76. The van der Waals surface area contributed by atoms with E-state index in [9.17, 15) is 5.11 Å². The number of anilines is 1. The molecule has 3 N–H and O–H groups in total. The summed E-state index contributed by atoms with van der Waals surface area (Å²) in [5.41, 5.74) is 9.14. The molecule has 4 nitrogen and oxygen atoms in total. The fourth-order valence-corrected chi connectivity index (χ4v) is 2.58. The van der Waals surface area contributed by atoms with E-state index in [1.807, 2.05) is 37.3 Å². The Hall–Kier alpha value is -2.04. The molecular weight excluding hydrogens is 288 g/mol. The summed E-state index contributed by atoms with van der Waals surface area (Å²) >= 11 is 0. The first-order valence-corrected chi connectivity index (χ1v) is 8.11. The fourth-order valence-electron chi connectivity index (χ4n) is 2.58. The molecule has 2 rings (SSSR count). The largest absolute Gasteiger partial charge is 0.492 e. The van der Waals surface area contributed by atoms with Crippen LogP contribution in [0.4, 0.5) is 5.69 Å². The van der Waals surface area contributed by atoms with Crippen molar-refractivity contribution in [2.24, 2.45) is 0 Å². The zero-order valence-corrected chi connectivity index (χ0v) is 13.7. The molecule has 0 aromatic heterocycles. The second-order valence-corrected chi connectivity index (χ2v) is 5.54. The Labute approximate surface area is 138 Å². The van der Waals surface area contributed by atoms with Gasteiger partial charge in [0, 0.05) is 19.6 Å². The van der Waals surface area contributed by atoms with Crippen LogP contribution in [-0.2, 0) is 13.0 Å². The molecule has 0 radical (unpaired) electrons. The predicted molar refractivity (Wildman–Crippen MR) is 94.5 cm³/mol. The Balaban J connectivity index is 1.94. The Morgan fingerprint density at radius 3 is 2.48 bits per heavy atom. The second kappa shape index (κ2) is 9.18. The molecule has 23 heavy (non-hydrogen) atoms. The van der Waals surface area contributed by atoms with Crippen LogP contribution in [0.25, 0.3) is 0 Å². The van der Waals surface area contributed by atoms with Gasteiger partial charge in [-0.2, -0.15) is 0 Å². The summed E-state index contributed by atoms with van der Waals surface area (Å²) in [5, 5.41) is 9.27. The van der Waals surface area contributed by atoms with E-state index in [0.29, 0.717) is 18.8 Å². The van der Waals surface area contributed by atoms with Crippen molar-refractivity contribution in [2.75, 3.05) is 32.0 Å². The lowest BCUT2D eigenvalue weighted by Gasteiger charge is -2.21. The fraction of sp³-hybridized carbons (Fsp3) is 0.368. The predicted octanol–water partition coefficient (Wildman–Crippen LogP) is 2.70. The van der Waals surface area contributed by atoms with Gasteiger partial charge < -0.3 is 15.6 Å². The van der Waals surface area contributed by atoms with E-state index in [0.717, 1.165) is 25.3 Å². The average Bonchev–Trinajstić information content (AvgIpc) is 2.56. The van der Waals surface area contributed by atoms with Gasteiger partial charge in [-0.3, -0.25) is 4.90 Å². The average molecular weight is 314 g/mol. The molecule has 2 aromatic rings. The highest BCUT2D eigenvalue weighted by atomic mass is 16.5. The van der Waals surface area contributed by atoms with E-state index < -0.39 is 0 Å². The normalized spacial score (nSPS) is 10.9. The van der Waals surface area contributed by atoms with Crippen molar-refractivity contribution in [3.05, 3.63) is 59.7 Å². The minimum absolute atomic E-state index is 0.165. The molecule has 0 amide bonds. The van der Waals surface area contributed by atoms with Crippen LogP contribution in [0.3, 0.4) is 0 Å². The first kappa shape index (κ1) is 17.3. The van der Waals surface area contributed by atoms with Crippen molar-refractivity contribution >= 4 is 5.69 Å². The van der Waals surface area contributed by atoms with E-state index in [4.69, 9.17) is 10.5 Å². The lowest BCUT2D eigenvalue weighted by atomic mass is 10.1. The smallest absolute Gasteiger partial charge is 0.142 e. The molecule has 0 bridgehead atoms. The standard InChI is InChI=1S/C19H26N2O2/c1-2-23-19-9-8-16(14-18(19)20)10-11-21(12-13-22)15-17-6-4-3-5-7-17/h3-9,14,22H,2,10-13,15,20H2,1H3. The maximum Gasteiger partial charge on any atom is 0.142 e. The molecule has 0 aliphatic rings. The summed E-state index contributed by atoms with van der Waals surface area (Å²) in [6, 6.07) is 16.3. The Morgan fingerprint density at radius 2 is 1.83 bits per heavy atom. The van der Waals surface area contributed by atoms with Crippen LogP contribution >= 0.6 is 0 Å². The van der Waals surface area contributed by atoms with Crippen LogP contribution in [0.2, 0.25) is 0 Å². The zero-order chi connectivity index (χ0) is 16.5. The van der Waals surface area contributed by atoms with Crippen molar-refractivity contribution in [2.45, 2.75) is 19.9 Å². The Bertz CT molecular complexity index is 587. The summed E-state index contributed by atoms with van der Waals surface area (Å²) in [7, 11) is 0. The van der Waals surface area contributed by atoms with Gasteiger partial charge >= 0.3 is 0 Å². The van der Waals surface area contributed by atoms with E-state index in [2.05, 4.69) is 23.1 Å². The first-order valence-electron chi connectivity index (χ1n) is 8.11. The number of nitrogens with zero attached hydrogens (tertiary/aromatic N) is 1. The number of ether oxygens (including phenoxy) is 1. The Morgan fingerprint density at radius 1 is 1.04 bits per heavy atom. The summed E-state index contributed by atoms with van der Waals surface area (Å²) < 4.78 is 5.47. The molecule has 0 saturated carbocycles. The lowest BCUT2D eigenvalue weighted by Crippen LogP contribution is -2.28. The highest BCUT2D eigenvalue weighted by Gasteiger charge is 2.07. The number of aliphatic hydroxyl groups is 1. The van der Waals surface area contributed by atoms with Crippen LogP contribution in [0.1, 0.15) is 18.1 Å². The van der Waals surface area contributed by atoms with E-state index >= 15 is 0 Å². The molecule has 0 heterocycles. The van der Waals surface area contributed by atoms with Gasteiger partial charge in [-0.25, -0.2) is 0 Å². The summed E-state index contributed by atoms with van der Waals surface area (Å²) in [6.45, 7) is 5.12.